The zero-order valence-electron chi connectivity index (χ0n) is 16.7. The number of hydrogen-bond acceptors (Lipinski definition) is 3. The monoisotopic (exact) mass is 414 g/mol. The number of nitrogens with one attached hydrogen (secondary N) is 1. The summed E-state index contributed by atoms with van der Waals surface area (Å²) in [5.41, 5.74) is 0.537. The molecule has 146 valence electrons. The van der Waals surface area contributed by atoms with Crippen molar-refractivity contribution < 1.29 is 4.43 Å². The van der Waals surface area contributed by atoms with Crippen LogP contribution in [0.15, 0.2) is 18.2 Å². The summed E-state index contributed by atoms with van der Waals surface area (Å²) >= 11 is 12.9. The van der Waals surface area contributed by atoms with Crippen molar-refractivity contribution in [2.75, 3.05) is 13.1 Å². The number of halogens is 2. The zero-order valence-corrected chi connectivity index (χ0v) is 19.2. The van der Waals surface area contributed by atoms with Crippen LogP contribution < -0.4 is 5.32 Å². The van der Waals surface area contributed by atoms with E-state index in [0.717, 1.165) is 36.7 Å². The van der Waals surface area contributed by atoms with Crippen LogP contribution >= 0.6 is 23.2 Å². The average molecular weight is 415 g/mol. The minimum Gasteiger partial charge on any atom is -0.409 e. The van der Waals surface area contributed by atoms with Crippen molar-refractivity contribution >= 4 is 31.5 Å². The molecule has 0 radical (unpaired) electrons. The van der Waals surface area contributed by atoms with Crippen LogP contribution in [0.4, 0.5) is 0 Å². The molecule has 0 aliphatic heterocycles. The second kappa shape index (κ2) is 10.7. The lowest BCUT2D eigenvalue weighted by Gasteiger charge is -2.34. The molecule has 0 bridgehead atoms. The molecule has 1 unspecified atom stereocenters. The molecule has 0 amide bonds. The lowest BCUT2D eigenvalue weighted by atomic mass is 9.91. The van der Waals surface area contributed by atoms with Gasteiger partial charge in [-0.2, -0.15) is 5.26 Å². The van der Waals surface area contributed by atoms with Crippen molar-refractivity contribution in [2.24, 2.45) is 5.41 Å². The minimum atomic E-state index is -1.82. The summed E-state index contributed by atoms with van der Waals surface area (Å²) in [5.74, 6) is 0. The number of hydrogen-bond donors (Lipinski definition) is 1. The molecule has 1 rings (SSSR count). The van der Waals surface area contributed by atoms with Crippen LogP contribution in [0, 0.1) is 16.7 Å². The van der Waals surface area contributed by atoms with Gasteiger partial charge in [-0.1, -0.05) is 50.0 Å². The van der Waals surface area contributed by atoms with Gasteiger partial charge in [0.25, 0.3) is 0 Å². The van der Waals surface area contributed by atoms with Gasteiger partial charge in [-0.15, -0.1) is 0 Å². The Bertz CT molecular complexity index is 584. The smallest absolute Gasteiger partial charge is 0.192 e. The van der Waals surface area contributed by atoms with Crippen molar-refractivity contribution in [3.8, 4) is 6.07 Å². The van der Waals surface area contributed by atoms with E-state index in [2.05, 4.69) is 32.2 Å². The molecule has 0 saturated carbocycles. The van der Waals surface area contributed by atoms with Gasteiger partial charge in [-0.25, -0.2) is 0 Å². The zero-order chi connectivity index (χ0) is 19.8. The molecule has 1 aromatic carbocycles. The van der Waals surface area contributed by atoms with E-state index in [1.807, 2.05) is 32.0 Å². The highest BCUT2D eigenvalue weighted by Gasteiger charge is 2.33. The SMILES string of the molecule is CC[Si](CC)(CC)OC(CNCCC(C)(C)C#N)c1c(Cl)cccc1Cl. The van der Waals surface area contributed by atoms with E-state index >= 15 is 0 Å². The lowest BCUT2D eigenvalue weighted by molar-refractivity contribution is 0.185. The maximum absolute atomic E-state index is 9.17. The predicted molar refractivity (Wildman–Crippen MR) is 114 cm³/mol. The molecule has 3 nitrogen and oxygen atoms in total. The Hall–Kier alpha value is -0.573. The largest absolute Gasteiger partial charge is 0.409 e. The molecular formula is C20H32Cl2N2OSi. The summed E-state index contributed by atoms with van der Waals surface area (Å²) in [5, 5.41) is 13.9. The van der Waals surface area contributed by atoms with Crippen molar-refractivity contribution in [1.29, 1.82) is 5.26 Å². The maximum Gasteiger partial charge on any atom is 0.192 e. The number of nitriles is 1. The first-order chi connectivity index (χ1) is 12.2. The molecule has 0 aliphatic carbocycles. The molecule has 1 N–H and O–H groups in total. The van der Waals surface area contributed by atoms with E-state index in [0.29, 0.717) is 16.6 Å². The Labute approximate surface area is 170 Å². The Morgan fingerprint density at radius 2 is 1.69 bits per heavy atom. The second-order valence-corrected chi connectivity index (χ2v) is 13.0. The third-order valence-corrected chi connectivity index (χ3v) is 10.5. The van der Waals surface area contributed by atoms with E-state index in [-0.39, 0.29) is 11.5 Å². The molecule has 0 spiro atoms. The van der Waals surface area contributed by atoms with Gasteiger partial charge in [-0.05, 0) is 57.1 Å². The molecule has 0 aromatic heterocycles. The molecule has 0 saturated heterocycles. The highest BCUT2D eigenvalue weighted by molar-refractivity contribution is 6.73. The third-order valence-electron chi connectivity index (χ3n) is 5.21. The normalized spacial score (nSPS) is 13.5. The maximum atomic E-state index is 9.17. The topological polar surface area (TPSA) is 45.0 Å². The van der Waals surface area contributed by atoms with E-state index in [9.17, 15) is 5.26 Å². The highest BCUT2D eigenvalue weighted by atomic mass is 35.5. The van der Waals surface area contributed by atoms with Gasteiger partial charge >= 0.3 is 0 Å². The van der Waals surface area contributed by atoms with Crippen LogP contribution in [0.3, 0.4) is 0 Å². The first kappa shape index (κ1) is 23.5. The lowest BCUT2D eigenvalue weighted by Crippen LogP contribution is -2.40. The van der Waals surface area contributed by atoms with Crippen molar-refractivity contribution in [1.82, 2.24) is 5.32 Å². The molecule has 0 aliphatic rings. The summed E-state index contributed by atoms with van der Waals surface area (Å²) in [6, 6.07) is 11.1. The van der Waals surface area contributed by atoms with Crippen LogP contribution in [-0.4, -0.2) is 21.4 Å². The van der Waals surface area contributed by atoms with E-state index in [1.165, 1.54) is 0 Å². The fraction of sp³-hybridized carbons (Fsp3) is 0.650. The molecule has 26 heavy (non-hydrogen) atoms. The standard InChI is InChI=1S/C20H32Cl2N2OSi/c1-6-26(7-2,8-3)25-18(14-24-13-12-20(4,5)15-23)19-16(21)10-9-11-17(19)22/h9-11,18,24H,6-8,12-14H2,1-5H3. The number of benzene rings is 1. The predicted octanol–water partition coefficient (Wildman–Crippen LogP) is 6.59. The first-order valence-electron chi connectivity index (χ1n) is 9.47. The van der Waals surface area contributed by atoms with Gasteiger partial charge in [0.05, 0.1) is 17.6 Å². The van der Waals surface area contributed by atoms with Crippen molar-refractivity contribution in [3.05, 3.63) is 33.8 Å². The van der Waals surface area contributed by atoms with Crippen LogP contribution in [0.2, 0.25) is 28.2 Å². The van der Waals surface area contributed by atoms with Gasteiger partial charge in [0.1, 0.15) is 0 Å². The van der Waals surface area contributed by atoms with E-state index in [1.54, 1.807) is 0 Å². The fourth-order valence-electron chi connectivity index (χ4n) is 3.01. The first-order valence-corrected chi connectivity index (χ1v) is 12.8. The van der Waals surface area contributed by atoms with Crippen molar-refractivity contribution in [2.45, 2.75) is 65.3 Å². The summed E-state index contributed by atoms with van der Waals surface area (Å²) in [6.07, 6.45) is 0.609. The van der Waals surface area contributed by atoms with Crippen LogP contribution in [0.1, 0.15) is 52.7 Å². The van der Waals surface area contributed by atoms with Crippen LogP contribution in [0.5, 0.6) is 0 Å². The van der Waals surface area contributed by atoms with Gasteiger partial charge in [0, 0.05) is 22.2 Å². The quantitative estimate of drug-likeness (QED) is 0.328. The molecule has 6 heteroatoms. The second-order valence-electron chi connectivity index (χ2n) is 7.44. The average Bonchev–Trinajstić information content (AvgIpc) is 2.62. The number of nitrogens with zero attached hydrogens (tertiary/aromatic N) is 1. The fourth-order valence-corrected chi connectivity index (χ4v) is 6.46. The molecule has 0 heterocycles. The Kier molecular flexibility index (Phi) is 9.64. The molecule has 1 aromatic rings. The van der Waals surface area contributed by atoms with Crippen LogP contribution in [0.25, 0.3) is 0 Å². The summed E-state index contributed by atoms with van der Waals surface area (Å²) < 4.78 is 6.73. The molecule has 0 fully saturated rings. The Morgan fingerprint density at radius 1 is 1.15 bits per heavy atom. The van der Waals surface area contributed by atoms with Gasteiger partial charge in [0.2, 0.25) is 0 Å². The summed E-state index contributed by atoms with van der Waals surface area (Å²) in [4.78, 5) is 0. The van der Waals surface area contributed by atoms with Gasteiger partial charge in [-0.3, -0.25) is 0 Å². The van der Waals surface area contributed by atoms with Gasteiger partial charge < -0.3 is 9.74 Å². The van der Waals surface area contributed by atoms with Crippen LogP contribution in [-0.2, 0) is 4.43 Å². The number of rotatable bonds is 11. The highest BCUT2D eigenvalue weighted by Crippen LogP contribution is 2.36. The van der Waals surface area contributed by atoms with E-state index < -0.39 is 8.32 Å². The van der Waals surface area contributed by atoms with Crippen molar-refractivity contribution in [3.63, 3.8) is 0 Å². The molecule has 1 atom stereocenters. The Morgan fingerprint density at radius 3 is 2.15 bits per heavy atom. The summed E-state index contributed by atoms with van der Waals surface area (Å²) in [6.45, 7) is 11.9. The third kappa shape index (κ3) is 6.55. The van der Waals surface area contributed by atoms with E-state index in [4.69, 9.17) is 27.6 Å². The molecular weight excluding hydrogens is 383 g/mol. The minimum absolute atomic E-state index is 0.173. The Balaban J connectivity index is 2.98. The van der Waals surface area contributed by atoms with Gasteiger partial charge in [0.15, 0.2) is 8.32 Å². The summed E-state index contributed by atoms with van der Waals surface area (Å²) in [7, 11) is -1.82.